The Kier molecular flexibility index (Phi) is 29.6. The number of thiol groups is 2. The number of rotatable bonds is 21. The summed E-state index contributed by atoms with van der Waals surface area (Å²) in [6.45, 7) is 1.28. The average Bonchev–Trinajstić information content (AvgIpc) is 1.61. The molecule has 5 saturated carbocycles. The molecular weight excluding hydrogens is 1970 g/mol. The van der Waals surface area contributed by atoms with Crippen LogP contribution in [0.2, 0.25) is 0 Å². The Morgan fingerprint density at radius 1 is 0.294 bits per heavy atom. The van der Waals surface area contributed by atoms with Gasteiger partial charge in [0.05, 0.1) is 27.1 Å². The van der Waals surface area contributed by atoms with Gasteiger partial charge in [0.15, 0.2) is 57.5 Å². The number of hydrogen-bond acceptors (Lipinski definition) is 19. The van der Waals surface area contributed by atoms with E-state index in [9.17, 15) is 24.0 Å². The maximum Gasteiger partial charge on any atom is 0.113 e. The Labute approximate surface area is 855 Å². The first-order valence-corrected chi connectivity index (χ1v) is 49.0. The van der Waals surface area contributed by atoms with Crippen LogP contribution >= 0.6 is 57.5 Å². The molecule has 5 aliphatic carbocycles. The molecule has 0 amide bonds. The number of nitrogens with zero attached hydrogens (tertiary/aromatic N) is 2. The van der Waals surface area contributed by atoms with E-state index in [1.807, 2.05) is 231 Å². The summed E-state index contributed by atoms with van der Waals surface area (Å²) in [4.78, 5) is 81.6. The minimum atomic E-state index is -0.379. The van der Waals surface area contributed by atoms with E-state index in [-0.39, 0.29) is 101 Å². The van der Waals surface area contributed by atoms with Gasteiger partial charge in [0.2, 0.25) is 34.0 Å². The van der Waals surface area contributed by atoms with Crippen LogP contribution in [0, 0.1) is 0 Å². The fourth-order valence-corrected chi connectivity index (χ4v) is 20.4. The number of carbonyl (C=O) groups excluding carboxylic acids is 5. The molecule has 0 saturated heterocycles. The number of halogens is 2. The first kappa shape index (κ1) is 99.2. The smallest absolute Gasteiger partial charge is 0.0967 e. The molecular formula is C112H98B3Br2N7O17S2. The summed E-state index contributed by atoms with van der Waals surface area (Å²) >= 11 is 13.5. The molecule has 5 fully saturated rings. The fourth-order valence-electron chi connectivity index (χ4n) is 19.5. The van der Waals surface area contributed by atoms with Crippen molar-refractivity contribution in [2.24, 2.45) is 8.60 Å². The Balaban J connectivity index is 0.000000114. The van der Waals surface area contributed by atoms with Crippen LogP contribution in [0.4, 0.5) is 0 Å². The number of Topliss-reactive ketones (excluding diaryl/α,β-unsaturated/α-hetero) is 5. The number of aromatic nitrogens is 5. The molecule has 5 aromatic heterocycles. The van der Waals surface area contributed by atoms with Gasteiger partial charge in [-0.1, -0.05) is 127 Å². The Morgan fingerprint density at radius 2 is 0.545 bits per heavy atom. The predicted molar refractivity (Wildman–Crippen MR) is 567 cm³/mol. The monoisotopic (exact) mass is 2070 g/mol. The second-order valence-corrected chi connectivity index (χ2v) is 38.8. The number of ketones is 5. The number of aromatic amines is 5. The first-order chi connectivity index (χ1) is 68.7. The third-order valence-electron chi connectivity index (χ3n) is 28.1. The molecule has 0 atom stereocenters. The van der Waals surface area contributed by atoms with Gasteiger partial charge in [0.1, 0.15) is 36.8 Å². The summed E-state index contributed by atoms with van der Waals surface area (Å²) in [5.74, 6) is 8.94. The number of hydrogen-bond donors (Lipinski definition) is 7. The maximum atomic E-state index is 13.3. The summed E-state index contributed by atoms with van der Waals surface area (Å²) < 4.78 is 61.7. The number of nitrogens with one attached hydrogen (secondary N) is 5. The van der Waals surface area contributed by atoms with E-state index in [2.05, 4.69) is 161 Å². The fraction of sp³-hybridized carbons (Fsp3) is 0.223. The van der Waals surface area contributed by atoms with Gasteiger partial charge in [-0.2, -0.15) is 0 Å². The van der Waals surface area contributed by atoms with E-state index < -0.39 is 0 Å². The van der Waals surface area contributed by atoms with Crippen LogP contribution in [0.5, 0.6) is 57.5 Å². The average molecular weight is 2070 g/mol. The van der Waals surface area contributed by atoms with Gasteiger partial charge >= 0.3 is 49.5 Å². The Morgan fingerprint density at radius 3 is 0.825 bits per heavy atom. The summed E-state index contributed by atoms with van der Waals surface area (Å²) in [6, 6.07) is 84.3. The number of carbonyl (C=O) groups is 5. The minimum absolute atomic E-state index is 0. The Hall–Kier alpha value is -13.9. The number of benzene rings is 12. The quantitative estimate of drug-likeness (QED) is 0.0260. The van der Waals surface area contributed by atoms with Gasteiger partial charge in [-0.15, -0.1) is 0 Å². The van der Waals surface area contributed by atoms with Gasteiger partial charge < -0.3 is 83.2 Å². The van der Waals surface area contributed by atoms with E-state index in [0.717, 1.165) is 252 Å². The van der Waals surface area contributed by atoms with Crippen molar-refractivity contribution in [1.29, 1.82) is 0 Å². The van der Waals surface area contributed by atoms with Crippen LogP contribution < -0.4 is 52.8 Å². The zero-order valence-electron chi connectivity index (χ0n) is 77.7. The number of H-pyrrole nitrogens is 5. The summed E-state index contributed by atoms with van der Waals surface area (Å²) in [7, 11) is 14.0. The third kappa shape index (κ3) is 21.2. The summed E-state index contributed by atoms with van der Waals surface area (Å²) in [5.41, 5.74) is 17.3. The zero-order valence-corrected chi connectivity index (χ0v) is 82.6. The molecule has 12 aromatic carbocycles. The Bertz CT molecular complexity index is 7330. The third-order valence-corrected chi connectivity index (χ3v) is 29.4. The van der Waals surface area contributed by atoms with Crippen LogP contribution in [0.3, 0.4) is 0 Å². The topological polar surface area (TPSA) is 344 Å². The van der Waals surface area contributed by atoms with Crippen molar-refractivity contribution in [3.8, 4) is 68.6 Å². The molecule has 0 bridgehead atoms. The molecule has 9 N–H and O–H groups in total. The van der Waals surface area contributed by atoms with Crippen LogP contribution in [0.25, 0.3) is 65.6 Å². The molecule has 143 heavy (non-hydrogen) atoms. The number of fused-ring (bicyclic) bond motifs is 10. The van der Waals surface area contributed by atoms with E-state index in [0.29, 0.717) is 32.1 Å². The first-order valence-electron chi connectivity index (χ1n) is 46.6. The second-order valence-electron chi connectivity index (χ2n) is 36.7. The second kappa shape index (κ2) is 42.7. The van der Waals surface area contributed by atoms with E-state index in [4.69, 9.17) is 55.2 Å². The molecule has 4 radical (unpaired) electrons. The van der Waals surface area contributed by atoms with Gasteiger partial charge in [0, 0.05) is 121 Å². The van der Waals surface area contributed by atoms with Crippen LogP contribution in [-0.4, -0.2) is 122 Å². The molecule has 5 aliphatic heterocycles. The van der Waals surface area contributed by atoms with Gasteiger partial charge in [-0.25, -0.2) is 0 Å². The SMILES string of the molecule is O.O.O=C(Cc1ccc2[nH]cc(-c3ccccc3)c2c1)C1(c2ccc3c(c2)OCO3)CC1.O=C(Cc1ccc2[nH]cc(Br)c2c1)C1(c2ccc3c(c2)OCO3)CC1.O=C(Cc1ccc2[nH]cc(Br)c2c1)C1(c2ccc3c(c2)OCO3)CC1.O=C(Cc1ccc2[nH]ccc2c1)C1(c2ccc3c(c2)OCO3)CC1.O=C(Cc1ccc2[nH]ccc2c1)C1(c2ccc3c(c2)OCO3)CC1.[B]=NS.[B]=NS.[B]c1ccccc1. The van der Waals surface area contributed by atoms with Gasteiger partial charge in [0.25, 0.3) is 0 Å². The molecule has 31 heteroatoms. The maximum absolute atomic E-state index is 13.3. The van der Waals surface area contributed by atoms with Gasteiger partial charge in [-0.05, 0) is 301 Å². The zero-order chi connectivity index (χ0) is 97.0. The number of ether oxygens (including phenoxy) is 10. The molecule has 718 valence electrons. The van der Waals surface area contributed by atoms with Crippen molar-refractivity contribution in [2.75, 3.05) is 34.0 Å². The predicted octanol–water partition coefficient (Wildman–Crippen LogP) is 21.1. The van der Waals surface area contributed by atoms with Crippen molar-refractivity contribution >= 4 is 170 Å². The van der Waals surface area contributed by atoms with Crippen LogP contribution in [0.15, 0.2) is 303 Å². The van der Waals surface area contributed by atoms with Crippen molar-refractivity contribution in [3.63, 3.8) is 0 Å². The van der Waals surface area contributed by atoms with E-state index in [1.165, 1.54) is 5.56 Å². The van der Waals surface area contributed by atoms with Crippen molar-refractivity contribution in [3.05, 3.63) is 350 Å². The van der Waals surface area contributed by atoms with Crippen LogP contribution in [-0.2, 0) is 83.2 Å². The molecule has 10 heterocycles. The molecule has 0 unspecified atom stereocenters. The molecule has 27 rings (SSSR count). The normalized spacial score (nSPS) is 15.7. The molecule has 0 spiro atoms. The standard InChI is InChI=1S/C26H21NO3.2C20H16BrNO3.2C20H17NO3.C6H5B.2BHNS.2H2O/c28-25(26(10-11-26)19-7-9-23-24(14-19)30-16-29-23)13-17-6-8-22-20(12-17)21(15-27-22)18-4-2-1-3-5-18;2*21-15-10-22-16-3-1-12(7-14(15)16)8-19(23)20(5-6-20)13-2-4-17-18(9-13)25-11-24-17;2*22-19(10-13-1-3-16-14(9-13)5-8-21-16)20(6-7-20)15-2-4-17-18(11-15)24-12-23-17;7-6-4-2-1-3-5-6;2*1-2-3;;/h1-9,12,14-15,27H,10-11,13,16H2;2*1-4,7,9-10,22H,5-6,8,11H2;2*1-5,8-9,11,21H,6-7,10,12H2;1-5H;2*3H;2*1H2. The molecule has 17 aromatic rings. The van der Waals surface area contributed by atoms with Gasteiger partial charge in [-0.3, -0.25) is 24.0 Å². The van der Waals surface area contributed by atoms with Crippen LogP contribution in [0.1, 0.15) is 120 Å². The summed E-state index contributed by atoms with van der Waals surface area (Å²) in [6.07, 6.45) is 21.1. The summed E-state index contributed by atoms with van der Waals surface area (Å²) in [5, 5.41) is 5.66. The van der Waals surface area contributed by atoms with E-state index >= 15 is 0 Å². The minimum Gasteiger partial charge on any atom is -0.0967 e. The van der Waals surface area contributed by atoms with Crippen molar-refractivity contribution in [1.82, 2.24) is 24.9 Å². The molecule has 10 aliphatic rings. The van der Waals surface area contributed by atoms with Crippen molar-refractivity contribution in [2.45, 2.75) is 123 Å². The van der Waals surface area contributed by atoms with E-state index in [1.54, 1.807) is 0 Å². The molecule has 24 nitrogen and oxygen atoms in total. The van der Waals surface area contributed by atoms with Crippen molar-refractivity contribution < 1.29 is 82.3 Å². The largest absolute Gasteiger partial charge is 0.113 e.